The SMILES string of the molecule is OC[C@H]1CC[C@H](O)C1. The van der Waals surface area contributed by atoms with Crippen molar-refractivity contribution in [1.29, 1.82) is 0 Å². The molecule has 2 nitrogen and oxygen atoms in total. The first-order chi connectivity index (χ1) is 3.83. The molecule has 0 unspecified atom stereocenters. The molecule has 0 aromatic rings. The fourth-order valence-electron chi connectivity index (χ4n) is 1.21. The maximum Gasteiger partial charge on any atom is 0.0543 e. The molecule has 2 heteroatoms. The van der Waals surface area contributed by atoms with E-state index in [2.05, 4.69) is 0 Å². The number of aliphatic hydroxyl groups is 2. The molecule has 2 N–H and O–H groups in total. The topological polar surface area (TPSA) is 40.5 Å². The van der Waals surface area contributed by atoms with Gasteiger partial charge in [-0.15, -0.1) is 0 Å². The summed E-state index contributed by atoms with van der Waals surface area (Å²) in [6.07, 6.45) is 2.55. The first-order valence-electron chi connectivity index (χ1n) is 3.12. The maximum atomic E-state index is 8.92. The second kappa shape index (κ2) is 2.46. The zero-order chi connectivity index (χ0) is 5.98. The van der Waals surface area contributed by atoms with Gasteiger partial charge in [0.2, 0.25) is 0 Å². The maximum absolute atomic E-state index is 8.92. The van der Waals surface area contributed by atoms with E-state index in [1.165, 1.54) is 0 Å². The van der Waals surface area contributed by atoms with Crippen molar-refractivity contribution in [2.24, 2.45) is 5.92 Å². The summed E-state index contributed by atoms with van der Waals surface area (Å²) in [7, 11) is 0. The zero-order valence-electron chi connectivity index (χ0n) is 4.88. The molecule has 1 saturated carbocycles. The third-order valence-corrected chi connectivity index (χ3v) is 1.77. The largest absolute Gasteiger partial charge is 0.396 e. The van der Waals surface area contributed by atoms with Crippen LogP contribution in [0.1, 0.15) is 19.3 Å². The van der Waals surface area contributed by atoms with Crippen LogP contribution in [0.5, 0.6) is 0 Å². The summed E-state index contributed by atoms with van der Waals surface area (Å²) >= 11 is 0. The monoisotopic (exact) mass is 116 g/mol. The van der Waals surface area contributed by atoms with E-state index in [0.29, 0.717) is 5.92 Å². The average Bonchev–Trinajstić information content (AvgIpc) is 2.14. The Hall–Kier alpha value is -0.0800. The van der Waals surface area contributed by atoms with Crippen molar-refractivity contribution in [3.8, 4) is 0 Å². The Morgan fingerprint density at radius 3 is 2.38 bits per heavy atom. The lowest BCUT2D eigenvalue weighted by molar-refractivity contribution is 0.163. The van der Waals surface area contributed by atoms with Crippen molar-refractivity contribution in [2.75, 3.05) is 6.61 Å². The Balaban J connectivity index is 2.22. The lowest BCUT2D eigenvalue weighted by Gasteiger charge is -2.00. The van der Waals surface area contributed by atoms with Gasteiger partial charge in [-0.05, 0) is 25.2 Å². The van der Waals surface area contributed by atoms with Crippen LogP contribution in [0, 0.1) is 5.92 Å². The van der Waals surface area contributed by atoms with E-state index >= 15 is 0 Å². The van der Waals surface area contributed by atoms with Crippen molar-refractivity contribution in [3.05, 3.63) is 0 Å². The number of aliphatic hydroxyl groups excluding tert-OH is 2. The van der Waals surface area contributed by atoms with E-state index in [-0.39, 0.29) is 12.7 Å². The molecule has 0 aromatic carbocycles. The van der Waals surface area contributed by atoms with Gasteiger partial charge in [-0.3, -0.25) is 0 Å². The van der Waals surface area contributed by atoms with Crippen molar-refractivity contribution in [1.82, 2.24) is 0 Å². The van der Waals surface area contributed by atoms with E-state index in [4.69, 9.17) is 10.2 Å². The Kier molecular flexibility index (Phi) is 1.86. The van der Waals surface area contributed by atoms with Gasteiger partial charge in [0.1, 0.15) is 0 Å². The van der Waals surface area contributed by atoms with Crippen molar-refractivity contribution < 1.29 is 10.2 Å². The lowest BCUT2D eigenvalue weighted by Crippen LogP contribution is -2.03. The number of hydrogen-bond donors (Lipinski definition) is 2. The molecule has 1 fully saturated rings. The van der Waals surface area contributed by atoms with Gasteiger partial charge in [-0.25, -0.2) is 0 Å². The minimum absolute atomic E-state index is 0.132. The average molecular weight is 116 g/mol. The minimum Gasteiger partial charge on any atom is -0.396 e. The predicted octanol–water partition coefficient (Wildman–Crippen LogP) is 0.140. The molecule has 0 radical (unpaired) electrons. The first kappa shape index (κ1) is 6.05. The van der Waals surface area contributed by atoms with Crippen LogP contribution in [-0.2, 0) is 0 Å². The lowest BCUT2D eigenvalue weighted by atomic mass is 10.1. The van der Waals surface area contributed by atoms with Gasteiger partial charge in [0.05, 0.1) is 6.10 Å². The molecule has 0 aromatic heterocycles. The van der Waals surface area contributed by atoms with E-state index < -0.39 is 0 Å². The molecule has 1 aliphatic carbocycles. The smallest absolute Gasteiger partial charge is 0.0543 e. The van der Waals surface area contributed by atoms with Gasteiger partial charge < -0.3 is 10.2 Å². The quantitative estimate of drug-likeness (QED) is 0.511. The Bertz CT molecular complexity index is 72.9. The van der Waals surface area contributed by atoms with Gasteiger partial charge in [0, 0.05) is 6.61 Å². The van der Waals surface area contributed by atoms with Crippen LogP contribution in [-0.4, -0.2) is 22.9 Å². The predicted molar refractivity (Wildman–Crippen MR) is 30.4 cm³/mol. The molecule has 8 heavy (non-hydrogen) atoms. The molecular formula is C6H12O2. The normalized spacial score (nSPS) is 38.2. The molecule has 0 bridgehead atoms. The molecule has 2 atom stereocenters. The molecule has 0 saturated heterocycles. The van der Waals surface area contributed by atoms with Crippen LogP contribution in [0.4, 0.5) is 0 Å². The van der Waals surface area contributed by atoms with Gasteiger partial charge in [-0.1, -0.05) is 0 Å². The second-order valence-corrected chi connectivity index (χ2v) is 2.52. The molecular weight excluding hydrogens is 104 g/mol. The molecule has 1 aliphatic rings. The summed E-state index contributed by atoms with van der Waals surface area (Å²) in [5.41, 5.74) is 0. The van der Waals surface area contributed by atoms with Gasteiger partial charge in [0.15, 0.2) is 0 Å². The third-order valence-electron chi connectivity index (χ3n) is 1.77. The molecule has 0 aliphatic heterocycles. The van der Waals surface area contributed by atoms with E-state index in [1.807, 2.05) is 0 Å². The number of hydrogen-bond acceptors (Lipinski definition) is 2. The van der Waals surface area contributed by atoms with Crippen LogP contribution in [0.25, 0.3) is 0 Å². The molecule has 48 valence electrons. The first-order valence-corrected chi connectivity index (χ1v) is 3.12. The second-order valence-electron chi connectivity index (χ2n) is 2.52. The summed E-state index contributed by atoms with van der Waals surface area (Å²) in [6, 6.07) is 0. The molecule has 1 rings (SSSR count). The van der Waals surface area contributed by atoms with Crippen LogP contribution in [0.3, 0.4) is 0 Å². The van der Waals surface area contributed by atoms with Gasteiger partial charge in [-0.2, -0.15) is 0 Å². The van der Waals surface area contributed by atoms with Crippen LogP contribution in [0.2, 0.25) is 0 Å². The fourth-order valence-corrected chi connectivity index (χ4v) is 1.21. The van der Waals surface area contributed by atoms with Crippen LogP contribution < -0.4 is 0 Å². The third kappa shape index (κ3) is 1.20. The fraction of sp³-hybridized carbons (Fsp3) is 1.00. The van der Waals surface area contributed by atoms with Crippen molar-refractivity contribution in [3.63, 3.8) is 0 Å². The Morgan fingerprint density at radius 1 is 1.38 bits per heavy atom. The highest BCUT2D eigenvalue weighted by atomic mass is 16.3. The van der Waals surface area contributed by atoms with Gasteiger partial charge >= 0.3 is 0 Å². The van der Waals surface area contributed by atoms with Crippen molar-refractivity contribution >= 4 is 0 Å². The van der Waals surface area contributed by atoms with E-state index in [0.717, 1.165) is 19.3 Å². The molecule has 0 amide bonds. The summed E-state index contributed by atoms with van der Waals surface area (Å²) in [6.45, 7) is 0.247. The highest BCUT2D eigenvalue weighted by Gasteiger charge is 2.21. The van der Waals surface area contributed by atoms with Crippen LogP contribution in [0.15, 0.2) is 0 Å². The molecule has 0 spiro atoms. The number of rotatable bonds is 1. The van der Waals surface area contributed by atoms with Gasteiger partial charge in [0.25, 0.3) is 0 Å². The Morgan fingerprint density at radius 2 is 2.12 bits per heavy atom. The Labute approximate surface area is 49.1 Å². The minimum atomic E-state index is -0.132. The van der Waals surface area contributed by atoms with Crippen LogP contribution >= 0.6 is 0 Å². The van der Waals surface area contributed by atoms with Crippen molar-refractivity contribution in [2.45, 2.75) is 25.4 Å². The summed E-state index contributed by atoms with van der Waals surface area (Å²) in [5, 5.41) is 17.5. The standard InChI is InChI=1S/C6H12O2/c7-4-5-1-2-6(8)3-5/h5-8H,1-4H2/t5-,6-/m0/s1. The highest BCUT2D eigenvalue weighted by molar-refractivity contribution is 4.73. The summed E-state index contributed by atoms with van der Waals surface area (Å²) < 4.78 is 0. The molecule has 0 heterocycles. The van der Waals surface area contributed by atoms with E-state index in [9.17, 15) is 0 Å². The van der Waals surface area contributed by atoms with E-state index in [1.54, 1.807) is 0 Å². The summed E-state index contributed by atoms with van der Waals surface area (Å²) in [5.74, 6) is 0.380. The highest BCUT2D eigenvalue weighted by Crippen LogP contribution is 2.24. The summed E-state index contributed by atoms with van der Waals surface area (Å²) in [4.78, 5) is 0. The zero-order valence-corrected chi connectivity index (χ0v) is 4.88.